The van der Waals surface area contributed by atoms with Gasteiger partial charge in [-0.25, -0.2) is 0 Å². The second kappa shape index (κ2) is 4.95. The lowest BCUT2D eigenvalue weighted by Crippen LogP contribution is -2.45. The molecule has 1 fully saturated rings. The zero-order valence-electron chi connectivity index (χ0n) is 10.5. The fraction of sp³-hybridized carbons (Fsp3) is 0.636. The Morgan fingerprint density at radius 3 is 2.89 bits per heavy atom. The van der Waals surface area contributed by atoms with E-state index in [9.17, 15) is 4.79 Å². The monoisotopic (exact) mass is 254 g/mol. The summed E-state index contributed by atoms with van der Waals surface area (Å²) in [6, 6.07) is 0.0734. The van der Waals surface area contributed by atoms with Crippen LogP contribution in [0.3, 0.4) is 0 Å². The van der Waals surface area contributed by atoms with Crippen LogP contribution in [0.15, 0.2) is 12.4 Å². The molecular formula is C11H18N4O3. The molecule has 1 aliphatic rings. The summed E-state index contributed by atoms with van der Waals surface area (Å²) in [5, 5.41) is 7.25. The minimum Gasteiger partial charge on any atom is -0.375 e. The van der Waals surface area contributed by atoms with Crippen molar-refractivity contribution in [2.24, 2.45) is 5.73 Å². The topological polar surface area (TPSA) is 91.4 Å². The number of primary amides is 1. The lowest BCUT2D eigenvalue weighted by atomic mass is 10.2. The number of rotatable bonds is 4. The molecule has 1 aromatic heterocycles. The van der Waals surface area contributed by atoms with Crippen LogP contribution in [0.1, 0.15) is 13.8 Å². The summed E-state index contributed by atoms with van der Waals surface area (Å²) in [4.78, 5) is 10.7. The molecule has 0 atom stereocenters. The predicted octanol–water partition coefficient (Wildman–Crippen LogP) is -0.0682. The van der Waals surface area contributed by atoms with Crippen molar-refractivity contribution in [1.29, 1.82) is 0 Å². The highest BCUT2D eigenvalue weighted by atomic mass is 16.7. The minimum absolute atomic E-state index is 0.0734. The largest absolute Gasteiger partial charge is 0.375 e. The van der Waals surface area contributed by atoms with E-state index in [1.165, 1.54) is 4.68 Å². The van der Waals surface area contributed by atoms with Crippen molar-refractivity contribution in [2.75, 3.05) is 18.5 Å². The fourth-order valence-electron chi connectivity index (χ4n) is 1.70. The molecule has 7 heteroatoms. The zero-order valence-corrected chi connectivity index (χ0v) is 10.5. The van der Waals surface area contributed by atoms with Crippen molar-refractivity contribution in [3.8, 4) is 0 Å². The van der Waals surface area contributed by atoms with Gasteiger partial charge in [0.15, 0.2) is 5.79 Å². The number of nitrogens with one attached hydrogen (secondary N) is 1. The molecule has 0 saturated carbocycles. The fourth-order valence-corrected chi connectivity index (χ4v) is 1.70. The molecular weight excluding hydrogens is 236 g/mol. The highest BCUT2D eigenvalue weighted by Gasteiger charge is 2.28. The van der Waals surface area contributed by atoms with Gasteiger partial charge in [-0.1, -0.05) is 0 Å². The third-order valence-electron chi connectivity index (χ3n) is 2.59. The van der Waals surface area contributed by atoms with E-state index in [0.717, 1.165) is 5.69 Å². The van der Waals surface area contributed by atoms with Gasteiger partial charge in [-0.2, -0.15) is 5.10 Å². The molecule has 100 valence electrons. The molecule has 0 radical (unpaired) electrons. The van der Waals surface area contributed by atoms with Crippen LogP contribution in [-0.4, -0.2) is 40.7 Å². The van der Waals surface area contributed by atoms with E-state index in [4.69, 9.17) is 15.2 Å². The molecule has 0 aliphatic carbocycles. The van der Waals surface area contributed by atoms with Crippen molar-refractivity contribution in [1.82, 2.24) is 9.78 Å². The number of carbonyl (C=O) groups excluding carboxylic acids is 1. The predicted molar refractivity (Wildman–Crippen MR) is 64.8 cm³/mol. The summed E-state index contributed by atoms with van der Waals surface area (Å²) in [6.07, 6.45) is 3.37. The Morgan fingerprint density at radius 2 is 2.28 bits per heavy atom. The van der Waals surface area contributed by atoms with Gasteiger partial charge in [0, 0.05) is 6.20 Å². The van der Waals surface area contributed by atoms with Crippen LogP contribution < -0.4 is 11.1 Å². The average molecular weight is 254 g/mol. The zero-order chi connectivity index (χ0) is 13.2. The van der Waals surface area contributed by atoms with Gasteiger partial charge in [0.1, 0.15) is 6.54 Å². The van der Waals surface area contributed by atoms with E-state index >= 15 is 0 Å². The average Bonchev–Trinajstić information content (AvgIpc) is 2.68. The van der Waals surface area contributed by atoms with E-state index in [2.05, 4.69) is 10.4 Å². The summed E-state index contributed by atoms with van der Waals surface area (Å²) < 4.78 is 12.6. The third-order valence-corrected chi connectivity index (χ3v) is 2.59. The number of carbonyl (C=O) groups is 1. The second-order valence-electron chi connectivity index (χ2n) is 4.76. The van der Waals surface area contributed by atoms with Crippen LogP contribution in [-0.2, 0) is 20.8 Å². The molecule has 0 spiro atoms. The number of aromatic nitrogens is 2. The van der Waals surface area contributed by atoms with Gasteiger partial charge in [-0.3, -0.25) is 9.48 Å². The standard InChI is InChI=1S/C11H18N4O3/c1-11(2)17-6-9(7-18-11)14-8-3-13-15(4-8)5-10(12)16/h3-4,9,14H,5-7H2,1-2H3,(H2,12,16). The second-order valence-corrected chi connectivity index (χ2v) is 4.76. The van der Waals surface area contributed by atoms with E-state index in [-0.39, 0.29) is 12.6 Å². The maximum Gasteiger partial charge on any atom is 0.239 e. The van der Waals surface area contributed by atoms with Crippen molar-refractivity contribution >= 4 is 11.6 Å². The van der Waals surface area contributed by atoms with Gasteiger partial charge in [0.2, 0.25) is 5.91 Å². The first-order valence-corrected chi connectivity index (χ1v) is 5.80. The van der Waals surface area contributed by atoms with Gasteiger partial charge in [0.05, 0.1) is 31.1 Å². The number of amides is 1. The van der Waals surface area contributed by atoms with E-state index in [1.807, 2.05) is 13.8 Å². The molecule has 7 nitrogen and oxygen atoms in total. The van der Waals surface area contributed by atoms with Crippen molar-refractivity contribution in [3.05, 3.63) is 12.4 Å². The van der Waals surface area contributed by atoms with E-state index < -0.39 is 11.7 Å². The molecule has 18 heavy (non-hydrogen) atoms. The van der Waals surface area contributed by atoms with Crippen LogP contribution in [0.2, 0.25) is 0 Å². The maximum atomic E-state index is 10.7. The summed E-state index contributed by atoms with van der Waals surface area (Å²) in [6.45, 7) is 4.97. The first kappa shape index (κ1) is 12.8. The summed E-state index contributed by atoms with van der Waals surface area (Å²) in [5.74, 6) is -0.940. The van der Waals surface area contributed by atoms with Crippen LogP contribution >= 0.6 is 0 Å². The molecule has 1 saturated heterocycles. The number of hydrogen-bond acceptors (Lipinski definition) is 5. The van der Waals surface area contributed by atoms with Crippen LogP contribution in [0.5, 0.6) is 0 Å². The number of anilines is 1. The number of hydrogen-bond donors (Lipinski definition) is 2. The van der Waals surface area contributed by atoms with Crippen molar-refractivity contribution in [2.45, 2.75) is 32.2 Å². The van der Waals surface area contributed by atoms with Crippen LogP contribution in [0, 0.1) is 0 Å². The summed E-state index contributed by atoms with van der Waals surface area (Å²) >= 11 is 0. The molecule has 0 unspecified atom stereocenters. The van der Waals surface area contributed by atoms with E-state index in [0.29, 0.717) is 13.2 Å². The Hall–Kier alpha value is -1.60. The molecule has 0 aromatic carbocycles. The molecule has 2 heterocycles. The Labute approximate surface area is 105 Å². The highest BCUT2D eigenvalue weighted by Crippen LogP contribution is 2.19. The minimum atomic E-state index is -0.520. The number of ether oxygens (including phenoxy) is 2. The summed E-state index contributed by atoms with van der Waals surface area (Å²) in [5.41, 5.74) is 5.90. The Bertz CT molecular complexity index is 420. The third kappa shape index (κ3) is 3.44. The normalized spacial score (nSPS) is 19.7. The highest BCUT2D eigenvalue weighted by molar-refractivity contribution is 5.73. The first-order chi connectivity index (χ1) is 8.44. The molecule has 1 amide bonds. The Kier molecular flexibility index (Phi) is 3.53. The quantitative estimate of drug-likeness (QED) is 0.785. The maximum absolute atomic E-state index is 10.7. The molecule has 1 aliphatic heterocycles. The van der Waals surface area contributed by atoms with Gasteiger partial charge in [-0.15, -0.1) is 0 Å². The first-order valence-electron chi connectivity index (χ1n) is 5.80. The smallest absolute Gasteiger partial charge is 0.239 e. The molecule has 0 bridgehead atoms. The van der Waals surface area contributed by atoms with Gasteiger partial charge >= 0.3 is 0 Å². The van der Waals surface area contributed by atoms with E-state index in [1.54, 1.807) is 12.4 Å². The lowest BCUT2D eigenvalue weighted by Gasteiger charge is -2.35. The molecule has 3 N–H and O–H groups in total. The van der Waals surface area contributed by atoms with Gasteiger partial charge in [-0.05, 0) is 13.8 Å². The van der Waals surface area contributed by atoms with Crippen LogP contribution in [0.4, 0.5) is 5.69 Å². The molecule has 2 rings (SSSR count). The summed E-state index contributed by atoms with van der Waals surface area (Å²) in [7, 11) is 0. The van der Waals surface area contributed by atoms with Crippen molar-refractivity contribution in [3.63, 3.8) is 0 Å². The number of nitrogens with two attached hydrogens (primary N) is 1. The lowest BCUT2D eigenvalue weighted by molar-refractivity contribution is -0.247. The van der Waals surface area contributed by atoms with Gasteiger partial charge < -0.3 is 20.5 Å². The SMILES string of the molecule is CC1(C)OCC(Nc2cnn(CC(N)=O)c2)CO1. The van der Waals surface area contributed by atoms with Gasteiger partial charge in [0.25, 0.3) is 0 Å². The Balaban J connectivity index is 1.86. The van der Waals surface area contributed by atoms with Crippen LogP contribution in [0.25, 0.3) is 0 Å². The van der Waals surface area contributed by atoms with Crippen molar-refractivity contribution < 1.29 is 14.3 Å². The Morgan fingerprint density at radius 1 is 1.61 bits per heavy atom. The molecule has 1 aromatic rings. The number of nitrogens with zero attached hydrogens (tertiary/aromatic N) is 2.